The van der Waals surface area contributed by atoms with Crippen molar-refractivity contribution >= 4 is 39.0 Å². The average molecular weight is 397 g/mol. The number of carbonyl (C=O) groups is 1. The van der Waals surface area contributed by atoms with Gasteiger partial charge in [-0.2, -0.15) is 0 Å². The fourth-order valence-electron chi connectivity index (χ4n) is 2.21. The number of benzene rings is 2. The largest absolute Gasteiger partial charge is 0.339 e. The van der Waals surface area contributed by atoms with Crippen molar-refractivity contribution in [1.29, 1.82) is 0 Å². The van der Waals surface area contributed by atoms with Crippen LogP contribution >= 0.6 is 15.9 Å². The minimum Gasteiger partial charge on any atom is -0.339 e. The molecule has 6 heteroatoms. The summed E-state index contributed by atoms with van der Waals surface area (Å²) in [5.74, 6) is 0.288. The molecule has 1 aromatic heterocycles. The third-order valence-electron chi connectivity index (χ3n) is 3.62. The Morgan fingerprint density at radius 3 is 2.32 bits per heavy atom. The molecular formula is C19H17BrN4O. The summed E-state index contributed by atoms with van der Waals surface area (Å²) in [5.41, 5.74) is 4.15. The molecule has 0 aliphatic heterocycles. The Balaban J connectivity index is 1.67. The Labute approximate surface area is 154 Å². The van der Waals surface area contributed by atoms with Crippen molar-refractivity contribution in [2.45, 2.75) is 13.8 Å². The molecule has 0 spiro atoms. The quantitative estimate of drug-likeness (QED) is 0.661. The maximum absolute atomic E-state index is 12.2. The lowest BCUT2D eigenvalue weighted by Crippen LogP contribution is -2.14. The maximum Gasteiger partial charge on any atom is 0.275 e. The lowest BCUT2D eigenvalue weighted by Gasteiger charge is -2.08. The van der Waals surface area contributed by atoms with Gasteiger partial charge < -0.3 is 10.6 Å². The molecule has 0 saturated carbocycles. The first-order valence-electron chi connectivity index (χ1n) is 7.74. The molecule has 25 heavy (non-hydrogen) atoms. The van der Waals surface area contributed by atoms with Gasteiger partial charge in [0.15, 0.2) is 0 Å². The van der Waals surface area contributed by atoms with E-state index in [2.05, 4.69) is 36.5 Å². The molecule has 0 aliphatic carbocycles. The van der Waals surface area contributed by atoms with E-state index in [4.69, 9.17) is 0 Å². The van der Waals surface area contributed by atoms with Gasteiger partial charge in [-0.3, -0.25) is 4.79 Å². The summed E-state index contributed by atoms with van der Waals surface area (Å²) in [6, 6.07) is 13.5. The average Bonchev–Trinajstić information content (AvgIpc) is 2.61. The Hall–Kier alpha value is -2.73. The second kappa shape index (κ2) is 7.44. The Bertz CT molecular complexity index is 892. The highest BCUT2D eigenvalue weighted by molar-refractivity contribution is 9.10. The zero-order valence-corrected chi connectivity index (χ0v) is 15.5. The number of halogens is 1. The minimum absolute atomic E-state index is 0.262. The molecule has 2 aromatic carbocycles. The van der Waals surface area contributed by atoms with Crippen LogP contribution in [0.3, 0.4) is 0 Å². The van der Waals surface area contributed by atoms with Gasteiger partial charge in [0.05, 0.1) is 12.4 Å². The number of aromatic nitrogens is 2. The predicted octanol–water partition coefficient (Wildman–Crippen LogP) is 4.85. The number of carbonyl (C=O) groups excluding carboxylic acids is 1. The molecule has 0 unspecified atom stereocenters. The van der Waals surface area contributed by atoms with E-state index in [1.807, 2.05) is 56.3 Å². The van der Waals surface area contributed by atoms with Gasteiger partial charge >= 0.3 is 0 Å². The van der Waals surface area contributed by atoms with Gasteiger partial charge in [-0.25, -0.2) is 9.97 Å². The summed E-state index contributed by atoms with van der Waals surface area (Å²) in [4.78, 5) is 20.7. The molecule has 0 fully saturated rings. The van der Waals surface area contributed by atoms with Gasteiger partial charge in [0, 0.05) is 15.8 Å². The van der Waals surface area contributed by atoms with Crippen LogP contribution in [0.4, 0.5) is 17.2 Å². The Morgan fingerprint density at radius 1 is 0.960 bits per heavy atom. The lowest BCUT2D eigenvalue weighted by molar-refractivity contribution is 0.102. The van der Waals surface area contributed by atoms with E-state index in [0.29, 0.717) is 5.82 Å². The summed E-state index contributed by atoms with van der Waals surface area (Å²) in [6.45, 7) is 4.01. The van der Waals surface area contributed by atoms with E-state index in [1.165, 1.54) is 6.20 Å². The maximum atomic E-state index is 12.2. The standard InChI is InChI=1S/C19H17BrN4O/c1-12-3-5-14(6-4-12)24-19(25)17-10-22-18(11-21-17)23-15-7-8-16(20)13(2)9-15/h3-11H,1-2H3,(H,22,23)(H,24,25). The smallest absolute Gasteiger partial charge is 0.275 e. The van der Waals surface area contributed by atoms with E-state index in [-0.39, 0.29) is 11.6 Å². The van der Waals surface area contributed by atoms with Gasteiger partial charge in [0.2, 0.25) is 0 Å². The first-order chi connectivity index (χ1) is 12.0. The van der Waals surface area contributed by atoms with Crippen LogP contribution in [-0.2, 0) is 0 Å². The van der Waals surface area contributed by atoms with Crippen LogP contribution < -0.4 is 10.6 Å². The molecule has 5 nitrogen and oxygen atoms in total. The number of hydrogen-bond donors (Lipinski definition) is 2. The topological polar surface area (TPSA) is 66.9 Å². The third kappa shape index (κ3) is 4.42. The molecule has 3 rings (SSSR count). The molecule has 3 aromatic rings. The lowest BCUT2D eigenvalue weighted by atomic mass is 10.2. The van der Waals surface area contributed by atoms with Crippen LogP contribution in [0.5, 0.6) is 0 Å². The number of amides is 1. The number of aryl methyl sites for hydroxylation is 2. The van der Waals surface area contributed by atoms with Crippen LogP contribution in [0, 0.1) is 13.8 Å². The van der Waals surface area contributed by atoms with E-state index >= 15 is 0 Å². The Morgan fingerprint density at radius 2 is 1.68 bits per heavy atom. The summed E-state index contributed by atoms with van der Waals surface area (Å²) in [5, 5.41) is 5.97. The number of nitrogens with zero attached hydrogens (tertiary/aromatic N) is 2. The number of anilines is 3. The zero-order valence-electron chi connectivity index (χ0n) is 13.9. The summed E-state index contributed by atoms with van der Waals surface area (Å²) < 4.78 is 1.05. The molecule has 1 amide bonds. The van der Waals surface area contributed by atoms with Crippen LogP contribution in [0.2, 0.25) is 0 Å². The van der Waals surface area contributed by atoms with Gasteiger partial charge in [0.1, 0.15) is 11.5 Å². The van der Waals surface area contributed by atoms with Crippen molar-refractivity contribution in [3.63, 3.8) is 0 Å². The molecule has 2 N–H and O–H groups in total. The van der Waals surface area contributed by atoms with Crippen LogP contribution in [0.15, 0.2) is 59.3 Å². The highest BCUT2D eigenvalue weighted by Crippen LogP contribution is 2.22. The van der Waals surface area contributed by atoms with Crippen molar-refractivity contribution in [2.75, 3.05) is 10.6 Å². The van der Waals surface area contributed by atoms with E-state index in [1.54, 1.807) is 6.20 Å². The van der Waals surface area contributed by atoms with Crippen molar-refractivity contribution in [1.82, 2.24) is 9.97 Å². The SMILES string of the molecule is Cc1ccc(NC(=O)c2cnc(Nc3ccc(Br)c(C)c3)cn2)cc1. The third-order valence-corrected chi connectivity index (χ3v) is 4.51. The van der Waals surface area contributed by atoms with E-state index in [9.17, 15) is 4.79 Å². The highest BCUT2D eigenvalue weighted by atomic mass is 79.9. The molecule has 1 heterocycles. The fraction of sp³-hybridized carbons (Fsp3) is 0.105. The van der Waals surface area contributed by atoms with E-state index in [0.717, 1.165) is 27.0 Å². The number of hydrogen-bond acceptors (Lipinski definition) is 4. The van der Waals surface area contributed by atoms with Crippen molar-refractivity contribution in [3.05, 3.63) is 76.2 Å². The predicted molar refractivity (Wildman–Crippen MR) is 103 cm³/mol. The number of nitrogens with one attached hydrogen (secondary N) is 2. The molecule has 126 valence electrons. The molecule has 0 atom stereocenters. The summed E-state index contributed by atoms with van der Waals surface area (Å²) in [7, 11) is 0. The normalized spacial score (nSPS) is 10.4. The Kier molecular flexibility index (Phi) is 5.09. The molecule has 0 aliphatic rings. The van der Waals surface area contributed by atoms with Gasteiger partial charge in [0.25, 0.3) is 5.91 Å². The van der Waals surface area contributed by atoms with Gasteiger partial charge in [-0.05, 0) is 49.7 Å². The van der Waals surface area contributed by atoms with Crippen LogP contribution in [0.25, 0.3) is 0 Å². The highest BCUT2D eigenvalue weighted by Gasteiger charge is 2.09. The van der Waals surface area contributed by atoms with E-state index < -0.39 is 0 Å². The monoisotopic (exact) mass is 396 g/mol. The molecule has 0 saturated heterocycles. The summed E-state index contributed by atoms with van der Waals surface area (Å²) in [6.07, 6.45) is 3.00. The first-order valence-corrected chi connectivity index (χ1v) is 8.54. The molecule has 0 bridgehead atoms. The number of rotatable bonds is 4. The second-order valence-corrected chi connectivity index (χ2v) is 6.55. The van der Waals surface area contributed by atoms with Gasteiger partial charge in [-0.1, -0.05) is 33.6 Å². The first kappa shape index (κ1) is 17.1. The van der Waals surface area contributed by atoms with Crippen LogP contribution in [-0.4, -0.2) is 15.9 Å². The van der Waals surface area contributed by atoms with Crippen molar-refractivity contribution in [2.24, 2.45) is 0 Å². The molecular weight excluding hydrogens is 380 g/mol. The second-order valence-electron chi connectivity index (χ2n) is 5.70. The minimum atomic E-state index is -0.289. The fourth-order valence-corrected chi connectivity index (χ4v) is 2.46. The molecule has 0 radical (unpaired) electrons. The van der Waals surface area contributed by atoms with Crippen LogP contribution in [0.1, 0.15) is 21.6 Å². The summed E-state index contributed by atoms with van der Waals surface area (Å²) >= 11 is 3.47. The van der Waals surface area contributed by atoms with Crippen molar-refractivity contribution < 1.29 is 4.79 Å². The van der Waals surface area contributed by atoms with Crippen molar-refractivity contribution in [3.8, 4) is 0 Å². The van der Waals surface area contributed by atoms with Gasteiger partial charge in [-0.15, -0.1) is 0 Å². The zero-order chi connectivity index (χ0) is 17.8.